The molecule has 3 aromatic rings. The number of benzene rings is 2. The Hall–Kier alpha value is -3.21. The second kappa shape index (κ2) is 6.70. The summed E-state index contributed by atoms with van der Waals surface area (Å²) in [5.74, 6) is 0.787. The lowest BCUT2D eigenvalue weighted by atomic mass is 10.3. The van der Waals surface area contributed by atoms with Crippen molar-refractivity contribution in [2.45, 2.75) is 0 Å². The molecule has 3 rings (SSSR count). The Kier molecular flexibility index (Phi) is 4.29. The van der Waals surface area contributed by atoms with Crippen LogP contribution in [0.25, 0.3) is 5.69 Å². The van der Waals surface area contributed by atoms with Crippen LogP contribution in [0.5, 0.6) is 5.75 Å². The second-order valence-corrected chi connectivity index (χ2v) is 4.86. The molecular formula is C18H15N3O2. The summed E-state index contributed by atoms with van der Waals surface area (Å²) >= 11 is 0. The average molecular weight is 305 g/mol. The van der Waals surface area contributed by atoms with Gasteiger partial charge in [-0.05, 0) is 48.5 Å². The van der Waals surface area contributed by atoms with Gasteiger partial charge >= 0.3 is 0 Å². The van der Waals surface area contributed by atoms with Gasteiger partial charge in [0.2, 0.25) is 0 Å². The van der Waals surface area contributed by atoms with E-state index in [-0.39, 0.29) is 5.43 Å². The quantitative estimate of drug-likeness (QED) is 0.676. The van der Waals surface area contributed by atoms with Gasteiger partial charge in [0.15, 0.2) is 5.43 Å². The van der Waals surface area contributed by atoms with Gasteiger partial charge in [0.05, 0.1) is 18.5 Å². The molecule has 5 heteroatoms. The number of aromatic nitrogens is 1. The van der Waals surface area contributed by atoms with Crippen molar-refractivity contribution in [1.82, 2.24) is 4.57 Å². The maximum Gasteiger partial charge on any atom is 0.181 e. The molecule has 114 valence electrons. The zero-order chi connectivity index (χ0) is 16.1. The number of hydrogen-bond acceptors (Lipinski definition) is 4. The van der Waals surface area contributed by atoms with Crippen LogP contribution in [-0.2, 0) is 0 Å². The van der Waals surface area contributed by atoms with E-state index in [1.807, 2.05) is 53.1 Å². The molecule has 0 aliphatic heterocycles. The lowest BCUT2D eigenvalue weighted by molar-refractivity contribution is 0.415. The first-order valence-electron chi connectivity index (χ1n) is 7.09. The van der Waals surface area contributed by atoms with Crippen LogP contribution in [0.1, 0.15) is 0 Å². The van der Waals surface area contributed by atoms with E-state index >= 15 is 0 Å². The van der Waals surface area contributed by atoms with Gasteiger partial charge in [-0.2, -0.15) is 10.2 Å². The summed E-state index contributed by atoms with van der Waals surface area (Å²) in [6.45, 7) is 0. The molecule has 0 N–H and O–H groups in total. The van der Waals surface area contributed by atoms with E-state index in [4.69, 9.17) is 4.74 Å². The van der Waals surface area contributed by atoms with Crippen LogP contribution in [0, 0.1) is 0 Å². The van der Waals surface area contributed by atoms with Gasteiger partial charge in [0.25, 0.3) is 0 Å². The number of methoxy groups -OCH3 is 1. The standard InChI is InChI=1S/C18H15N3O2/c1-23-18-8-4-15(5-9-18)20-19-14-2-6-16(7-3-14)21-12-10-17(22)11-13-21/h2-13H,1H3. The number of rotatable bonds is 4. The highest BCUT2D eigenvalue weighted by Crippen LogP contribution is 2.21. The number of azo groups is 1. The Morgan fingerprint density at radius 1 is 0.783 bits per heavy atom. The van der Waals surface area contributed by atoms with Gasteiger partial charge in [-0.3, -0.25) is 4.79 Å². The molecule has 1 heterocycles. The molecule has 0 saturated heterocycles. The predicted octanol–water partition coefficient (Wildman–Crippen LogP) is 4.26. The minimum Gasteiger partial charge on any atom is -0.497 e. The maximum absolute atomic E-state index is 11.1. The van der Waals surface area contributed by atoms with E-state index in [0.717, 1.165) is 22.8 Å². The first-order chi connectivity index (χ1) is 11.2. The van der Waals surface area contributed by atoms with Crippen LogP contribution in [0.2, 0.25) is 0 Å². The molecule has 23 heavy (non-hydrogen) atoms. The first kappa shape index (κ1) is 14.7. The van der Waals surface area contributed by atoms with Crippen LogP contribution in [0.15, 0.2) is 88.1 Å². The van der Waals surface area contributed by atoms with Crippen molar-refractivity contribution in [3.63, 3.8) is 0 Å². The van der Waals surface area contributed by atoms with Crippen molar-refractivity contribution >= 4 is 11.4 Å². The third-order valence-corrected chi connectivity index (χ3v) is 3.30. The molecule has 0 unspecified atom stereocenters. The fraction of sp³-hybridized carbons (Fsp3) is 0.0556. The van der Waals surface area contributed by atoms with Crippen LogP contribution in [0.4, 0.5) is 11.4 Å². The molecule has 0 saturated carbocycles. The summed E-state index contributed by atoms with van der Waals surface area (Å²) in [4.78, 5) is 11.1. The van der Waals surface area contributed by atoms with Crippen molar-refractivity contribution in [1.29, 1.82) is 0 Å². The van der Waals surface area contributed by atoms with Gasteiger partial charge < -0.3 is 9.30 Å². The van der Waals surface area contributed by atoms with E-state index in [2.05, 4.69) is 10.2 Å². The van der Waals surface area contributed by atoms with E-state index in [1.165, 1.54) is 12.1 Å². The SMILES string of the molecule is COc1ccc(N=Nc2ccc(-n3ccc(=O)cc3)cc2)cc1. The topological polar surface area (TPSA) is 56.0 Å². The average Bonchev–Trinajstić information content (AvgIpc) is 2.61. The minimum atomic E-state index is -0.00818. The van der Waals surface area contributed by atoms with E-state index in [1.54, 1.807) is 19.5 Å². The van der Waals surface area contributed by atoms with E-state index in [9.17, 15) is 4.79 Å². The van der Waals surface area contributed by atoms with Gasteiger partial charge in [-0.15, -0.1) is 0 Å². The second-order valence-electron chi connectivity index (χ2n) is 4.86. The molecule has 0 amide bonds. The minimum absolute atomic E-state index is 0.00818. The molecule has 1 aromatic heterocycles. The first-order valence-corrected chi connectivity index (χ1v) is 7.09. The van der Waals surface area contributed by atoms with Crippen molar-refractivity contribution in [3.8, 4) is 11.4 Å². The van der Waals surface area contributed by atoms with E-state index in [0.29, 0.717) is 0 Å². The fourth-order valence-electron chi connectivity index (χ4n) is 2.04. The zero-order valence-corrected chi connectivity index (χ0v) is 12.6. The Bertz CT molecular complexity index is 846. The van der Waals surface area contributed by atoms with Gasteiger partial charge in [0, 0.05) is 30.2 Å². The van der Waals surface area contributed by atoms with Crippen molar-refractivity contribution < 1.29 is 4.74 Å². The third kappa shape index (κ3) is 3.71. The molecular weight excluding hydrogens is 290 g/mol. The fourth-order valence-corrected chi connectivity index (χ4v) is 2.04. The van der Waals surface area contributed by atoms with Gasteiger partial charge in [-0.25, -0.2) is 0 Å². The molecule has 0 bridgehead atoms. The van der Waals surface area contributed by atoms with Gasteiger partial charge in [0.1, 0.15) is 5.75 Å². The number of ether oxygens (including phenoxy) is 1. The summed E-state index contributed by atoms with van der Waals surface area (Å²) in [5.41, 5.74) is 2.46. The molecule has 2 aromatic carbocycles. The normalized spacial score (nSPS) is 10.8. The van der Waals surface area contributed by atoms with Crippen molar-refractivity contribution in [3.05, 3.63) is 83.3 Å². The van der Waals surface area contributed by atoms with Crippen LogP contribution >= 0.6 is 0 Å². The summed E-state index contributed by atoms with van der Waals surface area (Å²) in [6.07, 6.45) is 3.46. The summed E-state index contributed by atoms with van der Waals surface area (Å²) < 4.78 is 6.97. The number of pyridine rings is 1. The molecule has 0 spiro atoms. The lowest BCUT2D eigenvalue weighted by Gasteiger charge is -2.05. The maximum atomic E-state index is 11.1. The Balaban J connectivity index is 1.75. The molecule has 0 atom stereocenters. The zero-order valence-electron chi connectivity index (χ0n) is 12.6. The molecule has 0 aliphatic rings. The largest absolute Gasteiger partial charge is 0.497 e. The smallest absolute Gasteiger partial charge is 0.181 e. The highest BCUT2D eigenvalue weighted by Gasteiger charge is 1.96. The molecule has 0 fully saturated rings. The van der Waals surface area contributed by atoms with Crippen LogP contribution in [-0.4, -0.2) is 11.7 Å². The third-order valence-electron chi connectivity index (χ3n) is 3.30. The highest BCUT2D eigenvalue weighted by atomic mass is 16.5. The summed E-state index contributed by atoms with van der Waals surface area (Å²) in [7, 11) is 1.63. The Morgan fingerprint density at radius 3 is 1.83 bits per heavy atom. The Morgan fingerprint density at radius 2 is 1.30 bits per heavy atom. The van der Waals surface area contributed by atoms with Crippen LogP contribution in [0.3, 0.4) is 0 Å². The van der Waals surface area contributed by atoms with Crippen LogP contribution < -0.4 is 10.2 Å². The summed E-state index contributed by atoms with van der Waals surface area (Å²) in [5, 5.41) is 8.39. The molecule has 5 nitrogen and oxygen atoms in total. The number of nitrogens with zero attached hydrogens (tertiary/aromatic N) is 3. The summed E-state index contributed by atoms with van der Waals surface area (Å²) in [6, 6.07) is 18.0. The Labute approximate surface area is 133 Å². The molecule has 0 aliphatic carbocycles. The van der Waals surface area contributed by atoms with Crippen molar-refractivity contribution in [2.24, 2.45) is 10.2 Å². The van der Waals surface area contributed by atoms with Crippen molar-refractivity contribution in [2.75, 3.05) is 7.11 Å². The number of hydrogen-bond donors (Lipinski definition) is 0. The highest BCUT2D eigenvalue weighted by molar-refractivity contribution is 5.46. The molecule has 0 radical (unpaired) electrons. The monoisotopic (exact) mass is 305 g/mol. The lowest BCUT2D eigenvalue weighted by Crippen LogP contribution is -2.01. The predicted molar refractivity (Wildman–Crippen MR) is 89.2 cm³/mol. The van der Waals surface area contributed by atoms with Gasteiger partial charge in [-0.1, -0.05) is 0 Å². The van der Waals surface area contributed by atoms with E-state index < -0.39 is 0 Å².